The average molecular weight is 356 g/mol. The van der Waals surface area contributed by atoms with Crippen molar-refractivity contribution in [2.45, 2.75) is 11.3 Å². The van der Waals surface area contributed by atoms with E-state index in [0.29, 0.717) is 6.54 Å². The summed E-state index contributed by atoms with van der Waals surface area (Å²) in [5.41, 5.74) is 6.46. The number of halogens is 1. The van der Waals surface area contributed by atoms with Crippen LogP contribution in [-0.4, -0.2) is 19.9 Å². The number of rotatable bonds is 5. The van der Waals surface area contributed by atoms with E-state index in [4.69, 9.17) is 5.73 Å². The van der Waals surface area contributed by atoms with Crippen LogP contribution in [0.5, 0.6) is 0 Å². The molecule has 2 rings (SSSR count). The van der Waals surface area contributed by atoms with Crippen LogP contribution in [0, 0.1) is 0 Å². The van der Waals surface area contributed by atoms with Gasteiger partial charge in [-0.05, 0) is 58.7 Å². The zero-order chi connectivity index (χ0) is 14.6. The van der Waals surface area contributed by atoms with Crippen molar-refractivity contribution in [3.63, 3.8) is 0 Å². The Hall–Kier alpha value is -1.44. The molecule has 0 bridgehead atoms. The molecule has 0 aliphatic rings. The topological polar surface area (TPSA) is 85.1 Å². The summed E-state index contributed by atoms with van der Waals surface area (Å²) in [6.07, 6.45) is 2.25. The lowest BCUT2D eigenvalue weighted by Gasteiger charge is -2.08. The maximum Gasteiger partial charge on any atom is 0.263 e. The maximum absolute atomic E-state index is 12.2. The van der Waals surface area contributed by atoms with Gasteiger partial charge in [0.25, 0.3) is 10.0 Å². The molecule has 5 nitrogen and oxygen atoms in total. The SMILES string of the molecule is NCCc1ccc(S(=O)(=O)Nc2ccc(Br)cn2)cc1. The molecule has 0 aliphatic heterocycles. The highest BCUT2D eigenvalue weighted by Crippen LogP contribution is 2.16. The fourth-order valence-electron chi connectivity index (χ4n) is 1.63. The quantitative estimate of drug-likeness (QED) is 0.860. The molecular formula is C13H14BrN3O2S. The predicted octanol–water partition coefficient (Wildman–Crippen LogP) is 2.15. The van der Waals surface area contributed by atoms with Gasteiger partial charge in [0.1, 0.15) is 5.82 Å². The summed E-state index contributed by atoms with van der Waals surface area (Å²) < 4.78 is 27.5. The monoisotopic (exact) mass is 355 g/mol. The highest BCUT2D eigenvalue weighted by atomic mass is 79.9. The summed E-state index contributed by atoms with van der Waals surface area (Å²) in [5.74, 6) is 0.277. The summed E-state index contributed by atoms with van der Waals surface area (Å²) in [6, 6.07) is 9.95. The number of hydrogen-bond donors (Lipinski definition) is 2. The Balaban J connectivity index is 2.19. The fraction of sp³-hybridized carbons (Fsp3) is 0.154. The maximum atomic E-state index is 12.2. The van der Waals surface area contributed by atoms with Crippen LogP contribution >= 0.6 is 15.9 Å². The van der Waals surface area contributed by atoms with E-state index in [9.17, 15) is 8.42 Å². The van der Waals surface area contributed by atoms with E-state index >= 15 is 0 Å². The molecule has 0 radical (unpaired) electrons. The van der Waals surface area contributed by atoms with Crippen molar-refractivity contribution in [3.8, 4) is 0 Å². The highest BCUT2D eigenvalue weighted by molar-refractivity contribution is 9.10. The second-order valence-corrected chi connectivity index (χ2v) is 6.75. The Bertz CT molecular complexity index is 670. The third kappa shape index (κ3) is 3.78. The summed E-state index contributed by atoms with van der Waals surface area (Å²) in [6.45, 7) is 0.535. The molecule has 0 saturated carbocycles. The second kappa shape index (κ2) is 6.34. The lowest BCUT2D eigenvalue weighted by atomic mass is 10.2. The molecule has 2 aromatic rings. The van der Waals surface area contributed by atoms with Crippen LogP contribution in [0.2, 0.25) is 0 Å². The first-order valence-electron chi connectivity index (χ1n) is 5.94. The van der Waals surface area contributed by atoms with Crippen molar-refractivity contribution in [1.29, 1.82) is 0 Å². The van der Waals surface area contributed by atoms with Crippen LogP contribution in [0.1, 0.15) is 5.56 Å². The Labute approximate surface area is 126 Å². The first-order valence-corrected chi connectivity index (χ1v) is 8.22. The smallest absolute Gasteiger partial charge is 0.263 e. The third-order valence-corrected chi connectivity index (χ3v) is 4.47. The Morgan fingerprint density at radius 2 is 1.85 bits per heavy atom. The molecule has 1 heterocycles. The lowest BCUT2D eigenvalue weighted by Crippen LogP contribution is -2.14. The number of pyridine rings is 1. The van der Waals surface area contributed by atoms with Crippen molar-refractivity contribution in [3.05, 3.63) is 52.6 Å². The number of nitrogens with two attached hydrogens (primary N) is 1. The van der Waals surface area contributed by atoms with Crippen molar-refractivity contribution in [1.82, 2.24) is 4.98 Å². The molecule has 3 N–H and O–H groups in total. The molecule has 0 fully saturated rings. The second-order valence-electron chi connectivity index (χ2n) is 4.15. The van der Waals surface area contributed by atoms with Crippen LogP contribution < -0.4 is 10.5 Å². The summed E-state index contributed by atoms with van der Waals surface area (Å²) >= 11 is 3.24. The molecule has 0 amide bonds. The molecule has 0 unspecified atom stereocenters. The first-order chi connectivity index (χ1) is 9.51. The van der Waals surface area contributed by atoms with Crippen LogP contribution in [0.25, 0.3) is 0 Å². The van der Waals surface area contributed by atoms with Crippen LogP contribution in [0.15, 0.2) is 52.0 Å². The highest BCUT2D eigenvalue weighted by Gasteiger charge is 2.14. The van der Waals surface area contributed by atoms with E-state index in [2.05, 4.69) is 25.6 Å². The van der Waals surface area contributed by atoms with Crippen LogP contribution in [0.3, 0.4) is 0 Å². The molecule has 1 aromatic carbocycles. The summed E-state index contributed by atoms with van der Waals surface area (Å²) in [4.78, 5) is 4.18. The number of hydrogen-bond acceptors (Lipinski definition) is 4. The number of nitrogens with one attached hydrogen (secondary N) is 1. The zero-order valence-corrected chi connectivity index (χ0v) is 13.0. The Kier molecular flexibility index (Phi) is 4.74. The molecule has 0 atom stereocenters. The minimum atomic E-state index is -3.62. The van der Waals surface area contributed by atoms with E-state index in [1.807, 2.05) is 0 Å². The van der Waals surface area contributed by atoms with E-state index in [1.165, 1.54) is 6.20 Å². The van der Waals surface area contributed by atoms with Gasteiger partial charge in [0, 0.05) is 10.7 Å². The largest absolute Gasteiger partial charge is 0.330 e. The number of nitrogens with zero attached hydrogens (tertiary/aromatic N) is 1. The van der Waals surface area contributed by atoms with Gasteiger partial charge in [-0.1, -0.05) is 12.1 Å². The van der Waals surface area contributed by atoms with Crippen molar-refractivity contribution in [2.24, 2.45) is 5.73 Å². The van der Waals surface area contributed by atoms with Gasteiger partial charge in [0.2, 0.25) is 0 Å². The Morgan fingerprint density at radius 3 is 2.40 bits per heavy atom. The van der Waals surface area contributed by atoms with Crippen LogP contribution in [-0.2, 0) is 16.4 Å². The summed E-state index contributed by atoms with van der Waals surface area (Å²) in [5, 5.41) is 0. The third-order valence-electron chi connectivity index (χ3n) is 2.63. The number of aromatic nitrogens is 1. The first kappa shape index (κ1) is 15.0. The van der Waals surface area contributed by atoms with Gasteiger partial charge in [0.15, 0.2) is 0 Å². The predicted molar refractivity (Wildman–Crippen MR) is 81.9 cm³/mol. The van der Waals surface area contributed by atoms with Gasteiger partial charge in [0.05, 0.1) is 4.90 Å². The van der Waals surface area contributed by atoms with Gasteiger partial charge in [-0.25, -0.2) is 13.4 Å². The van der Waals surface area contributed by atoms with Gasteiger partial charge < -0.3 is 5.73 Å². The molecule has 0 saturated heterocycles. The minimum absolute atomic E-state index is 0.197. The van der Waals surface area contributed by atoms with E-state index < -0.39 is 10.0 Å². The number of benzene rings is 1. The lowest BCUT2D eigenvalue weighted by molar-refractivity contribution is 0.601. The van der Waals surface area contributed by atoms with E-state index in [0.717, 1.165) is 16.5 Å². The molecule has 1 aromatic heterocycles. The zero-order valence-electron chi connectivity index (χ0n) is 10.6. The molecule has 106 valence electrons. The van der Waals surface area contributed by atoms with Crippen molar-refractivity contribution >= 4 is 31.8 Å². The van der Waals surface area contributed by atoms with Gasteiger partial charge in [-0.3, -0.25) is 4.72 Å². The normalized spacial score (nSPS) is 11.3. The number of sulfonamides is 1. The van der Waals surface area contributed by atoms with E-state index in [-0.39, 0.29) is 10.7 Å². The van der Waals surface area contributed by atoms with Gasteiger partial charge in [-0.2, -0.15) is 0 Å². The average Bonchev–Trinajstić information content (AvgIpc) is 2.42. The molecular weight excluding hydrogens is 342 g/mol. The van der Waals surface area contributed by atoms with Crippen molar-refractivity contribution < 1.29 is 8.42 Å². The molecule has 7 heteroatoms. The van der Waals surface area contributed by atoms with Gasteiger partial charge in [-0.15, -0.1) is 0 Å². The van der Waals surface area contributed by atoms with Crippen LogP contribution in [0.4, 0.5) is 5.82 Å². The molecule has 0 spiro atoms. The molecule has 20 heavy (non-hydrogen) atoms. The Morgan fingerprint density at radius 1 is 1.15 bits per heavy atom. The number of anilines is 1. The minimum Gasteiger partial charge on any atom is -0.330 e. The fourth-order valence-corrected chi connectivity index (χ4v) is 2.88. The van der Waals surface area contributed by atoms with Gasteiger partial charge >= 0.3 is 0 Å². The molecule has 0 aliphatic carbocycles. The van der Waals surface area contributed by atoms with E-state index in [1.54, 1.807) is 36.4 Å². The van der Waals surface area contributed by atoms with Crippen molar-refractivity contribution in [2.75, 3.05) is 11.3 Å². The standard InChI is InChI=1S/C13H14BrN3O2S/c14-11-3-6-13(16-9-11)17-20(18,19)12-4-1-10(2-5-12)7-8-15/h1-6,9H,7-8,15H2,(H,16,17). The summed E-state index contributed by atoms with van der Waals surface area (Å²) in [7, 11) is -3.62.